The molecule has 0 spiro atoms. The van der Waals surface area contributed by atoms with Crippen molar-refractivity contribution in [2.45, 2.75) is 26.8 Å². The Balaban J connectivity index is 1.84. The molecule has 8 heteroatoms. The number of likely N-dealkylation sites (N-methyl/N-ethyl adjacent to an activating group) is 1. The highest BCUT2D eigenvalue weighted by Crippen LogP contribution is 2.22. The van der Waals surface area contributed by atoms with Gasteiger partial charge in [0.2, 0.25) is 5.91 Å². The highest BCUT2D eigenvalue weighted by Gasteiger charge is 2.37. The van der Waals surface area contributed by atoms with Gasteiger partial charge in [0, 0.05) is 58.4 Å². The number of carbonyl (C=O) groups excluding carboxylic acids is 3. The zero-order valence-corrected chi connectivity index (χ0v) is 16.6. The first-order chi connectivity index (χ1) is 12.8. The first-order valence-corrected chi connectivity index (χ1v) is 9.50. The van der Waals surface area contributed by atoms with Crippen molar-refractivity contribution in [3.8, 4) is 0 Å². The van der Waals surface area contributed by atoms with Gasteiger partial charge in [0.15, 0.2) is 5.78 Å². The second-order valence-electron chi connectivity index (χ2n) is 7.53. The van der Waals surface area contributed by atoms with Gasteiger partial charge in [0.25, 0.3) is 5.91 Å². The van der Waals surface area contributed by atoms with Crippen molar-refractivity contribution in [1.82, 2.24) is 25.0 Å². The van der Waals surface area contributed by atoms with Crippen molar-refractivity contribution in [1.29, 1.82) is 0 Å². The van der Waals surface area contributed by atoms with Crippen LogP contribution in [-0.4, -0.2) is 96.2 Å². The number of carbonyl (C=O) groups is 3. The Kier molecular flexibility index (Phi) is 5.67. The van der Waals surface area contributed by atoms with Crippen LogP contribution in [0.5, 0.6) is 0 Å². The zero-order valence-electron chi connectivity index (χ0n) is 16.6. The van der Waals surface area contributed by atoms with Gasteiger partial charge in [-0.1, -0.05) is 0 Å². The second-order valence-corrected chi connectivity index (χ2v) is 7.53. The van der Waals surface area contributed by atoms with Gasteiger partial charge in [0.1, 0.15) is 6.04 Å². The Morgan fingerprint density at radius 1 is 1.04 bits per heavy atom. The summed E-state index contributed by atoms with van der Waals surface area (Å²) in [5.74, 6) is -0.274. The summed E-state index contributed by atoms with van der Waals surface area (Å²) >= 11 is 0. The van der Waals surface area contributed by atoms with Crippen LogP contribution in [0.25, 0.3) is 0 Å². The number of amides is 2. The number of rotatable bonds is 3. The molecule has 1 aromatic heterocycles. The van der Waals surface area contributed by atoms with Crippen LogP contribution in [0.2, 0.25) is 0 Å². The summed E-state index contributed by atoms with van der Waals surface area (Å²) in [5, 5.41) is 3.24. The number of hydrogen-bond donors (Lipinski definition) is 2. The molecule has 0 aromatic carbocycles. The molecule has 148 valence electrons. The minimum absolute atomic E-state index is 0.00119. The number of Topliss-reactive ketones (excluding diaryl/α,β-unsaturated/α-hetero) is 1. The molecule has 8 nitrogen and oxygen atoms in total. The Morgan fingerprint density at radius 3 is 2.30 bits per heavy atom. The highest BCUT2D eigenvalue weighted by molar-refractivity contribution is 6.04. The molecule has 2 aliphatic rings. The average Bonchev–Trinajstić information content (AvgIpc) is 2.96. The predicted molar refractivity (Wildman–Crippen MR) is 102 cm³/mol. The molecule has 0 saturated carbocycles. The summed E-state index contributed by atoms with van der Waals surface area (Å²) < 4.78 is 0. The lowest BCUT2D eigenvalue weighted by Gasteiger charge is -2.40. The van der Waals surface area contributed by atoms with Gasteiger partial charge in [-0.25, -0.2) is 0 Å². The quantitative estimate of drug-likeness (QED) is 0.728. The van der Waals surface area contributed by atoms with Crippen molar-refractivity contribution in [3.63, 3.8) is 0 Å². The molecule has 3 heterocycles. The number of nitrogens with zero attached hydrogens (tertiary/aromatic N) is 3. The molecule has 0 unspecified atom stereocenters. The van der Waals surface area contributed by atoms with E-state index < -0.39 is 6.04 Å². The molecule has 2 fully saturated rings. The molecular formula is C19H29N5O3. The Bertz CT molecular complexity index is 749. The molecule has 0 radical (unpaired) electrons. The average molecular weight is 375 g/mol. The molecule has 2 N–H and O–H groups in total. The number of nitrogens with one attached hydrogen (secondary N) is 2. The van der Waals surface area contributed by atoms with Crippen LogP contribution in [-0.2, 0) is 4.79 Å². The van der Waals surface area contributed by atoms with Crippen LogP contribution in [0.1, 0.15) is 39.0 Å². The fourth-order valence-electron chi connectivity index (χ4n) is 3.97. The van der Waals surface area contributed by atoms with E-state index in [1.807, 2.05) is 11.9 Å². The maximum atomic E-state index is 13.3. The van der Waals surface area contributed by atoms with Gasteiger partial charge in [0.05, 0.1) is 11.3 Å². The lowest BCUT2D eigenvalue weighted by atomic mass is 10.0. The van der Waals surface area contributed by atoms with E-state index in [-0.39, 0.29) is 17.6 Å². The fraction of sp³-hybridized carbons (Fsp3) is 0.632. The van der Waals surface area contributed by atoms with E-state index in [2.05, 4.69) is 15.2 Å². The molecular weight excluding hydrogens is 346 g/mol. The number of hydrogen-bond acceptors (Lipinski definition) is 5. The van der Waals surface area contributed by atoms with Gasteiger partial charge < -0.3 is 25.0 Å². The van der Waals surface area contributed by atoms with Crippen LogP contribution in [0.4, 0.5) is 0 Å². The lowest BCUT2D eigenvalue weighted by molar-refractivity contribution is -0.138. The third kappa shape index (κ3) is 3.77. The molecule has 27 heavy (non-hydrogen) atoms. The van der Waals surface area contributed by atoms with Crippen LogP contribution in [0.3, 0.4) is 0 Å². The second kappa shape index (κ2) is 7.82. The summed E-state index contributed by atoms with van der Waals surface area (Å²) in [7, 11) is 2.05. The van der Waals surface area contributed by atoms with Crippen molar-refractivity contribution in [3.05, 3.63) is 22.5 Å². The van der Waals surface area contributed by atoms with E-state index in [1.54, 1.807) is 18.7 Å². The highest BCUT2D eigenvalue weighted by atomic mass is 16.2. The molecule has 1 aromatic rings. The van der Waals surface area contributed by atoms with Gasteiger partial charge in [-0.15, -0.1) is 0 Å². The van der Waals surface area contributed by atoms with Gasteiger partial charge in [-0.3, -0.25) is 14.4 Å². The Morgan fingerprint density at radius 2 is 1.70 bits per heavy atom. The molecule has 2 aliphatic heterocycles. The van der Waals surface area contributed by atoms with E-state index in [1.165, 1.54) is 6.92 Å². The van der Waals surface area contributed by atoms with Crippen LogP contribution >= 0.6 is 0 Å². The predicted octanol–water partition coefficient (Wildman–Crippen LogP) is 0.0221. The summed E-state index contributed by atoms with van der Waals surface area (Å²) in [6.45, 7) is 9.71. The number of ketones is 1. The molecule has 0 bridgehead atoms. The van der Waals surface area contributed by atoms with Crippen molar-refractivity contribution in [2.75, 3.05) is 52.9 Å². The smallest absolute Gasteiger partial charge is 0.256 e. The normalized spacial score (nSPS) is 21.4. The maximum absolute atomic E-state index is 13.3. The van der Waals surface area contributed by atoms with Gasteiger partial charge >= 0.3 is 0 Å². The molecule has 3 rings (SSSR count). The maximum Gasteiger partial charge on any atom is 0.256 e. The summed E-state index contributed by atoms with van der Waals surface area (Å²) in [4.78, 5) is 47.0. The third-order valence-corrected chi connectivity index (χ3v) is 5.61. The van der Waals surface area contributed by atoms with Crippen molar-refractivity contribution in [2.24, 2.45) is 0 Å². The van der Waals surface area contributed by atoms with E-state index >= 15 is 0 Å². The number of aromatic nitrogens is 1. The standard InChI is InChI=1S/C19H29N5O3/c1-12-16(13(2)21-17(12)14(3)25)19(27)24-6-5-20-11-15(24)18(26)23-9-7-22(4)8-10-23/h15,20-21H,5-11H2,1-4H3/t15-/m1/s1. The van der Waals surface area contributed by atoms with Crippen molar-refractivity contribution < 1.29 is 14.4 Å². The molecule has 1 atom stereocenters. The third-order valence-electron chi connectivity index (χ3n) is 5.61. The van der Waals surface area contributed by atoms with E-state index in [0.717, 1.165) is 13.1 Å². The molecule has 2 saturated heterocycles. The number of piperazine rings is 2. The largest absolute Gasteiger partial charge is 0.355 e. The van der Waals surface area contributed by atoms with Crippen LogP contribution in [0, 0.1) is 13.8 Å². The first kappa shape index (κ1) is 19.6. The Labute approximate surface area is 159 Å². The SMILES string of the molecule is CC(=O)c1[nH]c(C)c(C(=O)N2CCNC[C@@H]2C(=O)N2CCN(C)CC2)c1C. The fourth-order valence-corrected chi connectivity index (χ4v) is 3.97. The van der Waals surface area contributed by atoms with Crippen LogP contribution in [0.15, 0.2) is 0 Å². The summed E-state index contributed by atoms with van der Waals surface area (Å²) in [6, 6.07) is -0.510. The summed E-state index contributed by atoms with van der Waals surface area (Å²) in [5.41, 5.74) is 2.31. The number of H-pyrrole nitrogens is 1. The molecule has 0 aliphatic carbocycles. The van der Waals surface area contributed by atoms with Crippen LogP contribution < -0.4 is 5.32 Å². The van der Waals surface area contributed by atoms with E-state index in [4.69, 9.17) is 0 Å². The zero-order chi connectivity index (χ0) is 19.7. The van der Waals surface area contributed by atoms with Crippen molar-refractivity contribution >= 4 is 17.6 Å². The number of aryl methyl sites for hydroxylation is 1. The van der Waals surface area contributed by atoms with E-state index in [0.29, 0.717) is 55.2 Å². The topological polar surface area (TPSA) is 88.8 Å². The minimum Gasteiger partial charge on any atom is -0.355 e. The molecule has 2 amide bonds. The minimum atomic E-state index is -0.510. The summed E-state index contributed by atoms with van der Waals surface area (Å²) in [6.07, 6.45) is 0. The number of aromatic amines is 1. The Hall–Kier alpha value is -2.19. The first-order valence-electron chi connectivity index (χ1n) is 9.50. The van der Waals surface area contributed by atoms with Gasteiger partial charge in [-0.2, -0.15) is 0 Å². The van der Waals surface area contributed by atoms with Gasteiger partial charge in [-0.05, 0) is 26.5 Å². The lowest BCUT2D eigenvalue weighted by Crippen LogP contribution is -2.62. The monoisotopic (exact) mass is 375 g/mol. The van der Waals surface area contributed by atoms with E-state index in [9.17, 15) is 14.4 Å².